The third-order valence-corrected chi connectivity index (χ3v) is 5.89. The third kappa shape index (κ3) is 4.06. The molecular formula is C20H20FNO5S. The van der Waals surface area contributed by atoms with Crippen LogP contribution in [0.4, 0.5) is 9.39 Å². The van der Waals surface area contributed by atoms with Gasteiger partial charge in [0.15, 0.2) is 0 Å². The Kier molecular flexibility index (Phi) is 6.08. The normalized spacial score (nSPS) is 19.1. The zero-order valence-electron chi connectivity index (χ0n) is 15.2. The number of hydrogen-bond acceptors (Lipinski definition) is 5. The van der Waals surface area contributed by atoms with Crippen LogP contribution in [-0.4, -0.2) is 30.1 Å². The minimum Gasteiger partial charge on any atom is -0.481 e. The summed E-state index contributed by atoms with van der Waals surface area (Å²) in [6.45, 7) is 0. The molecule has 1 saturated carbocycles. The molecule has 1 fully saturated rings. The molecule has 2 atom stereocenters. The zero-order valence-corrected chi connectivity index (χ0v) is 16.1. The Labute approximate surface area is 165 Å². The lowest BCUT2D eigenvalue weighted by Gasteiger charge is -2.27. The number of carboxylic acid groups (broad SMARTS) is 1. The Hall–Kier alpha value is -2.74. The van der Waals surface area contributed by atoms with Crippen molar-refractivity contribution in [3.05, 3.63) is 41.0 Å². The Morgan fingerprint density at radius 2 is 1.79 bits per heavy atom. The number of anilines is 1. The summed E-state index contributed by atoms with van der Waals surface area (Å²) in [7, 11) is 1.24. The first-order chi connectivity index (χ1) is 13.4. The van der Waals surface area contributed by atoms with Crippen LogP contribution in [0.2, 0.25) is 0 Å². The van der Waals surface area contributed by atoms with Gasteiger partial charge in [-0.1, -0.05) is 25.0 Å². The van der Waals surface area contributed by atoms with E-state index in [1.54, 1.807) is 5.38 Å². The number of thiophene rings is 1. The van der Waals surface area contributed by atoms with E-state index in [2.05, 4.69) is 5.32 Å². The first kappa shape index (κ1) is 20.0. The van der Waals surface area contributed by atoms with Gasteiger partial charge >= 0.3 is 11.9 Å². The van der Waals surface area contributed by atoms with Crippen molar-refractivity contribution in [1.82, 2.24) is 0 Å². The molecule has 148 valence electrons. The highest BCUT2D eigenvalue weighted by molar-refractivity contribution is 7.15. The number of nitrogens with one attached hydrogen (secondary N) is 1. The number of ether oxygens (including phenoxy) is 1. The molecular weight excluding hydrogens is 385 g/mol. The molecule has 2 N–H and O–H groups in total. The van der Waals surface area contributed by atoms with Gasteiger partial charge in [-0.15, -0.1) is 11.3 Å². The van der Waals surface area contributed by atoms with Crippen molar-refractivity contribution in [2.45, 2.75) is 25.7 Å². The lowest BCUT2D eigenvalue weighted by molar-refractivity contribution is -0.147. The number of aliphatic carboxylic acids is 1. The van der Waals surface area contributed by atoms with Gasteiger partial charge < -0.3 is 15.2 Å². The fraction of sp³-hybridized carbons (Fsp3) is 0.350. The highest BCUT2D eigenvalue weighted by atomic mass is 32.1. The van der Waals surface area contributed by atoms with E-state index in [-0.39, 0.29) is 5.56 Å². The maximum Gasteiger partial charge on any atom is 0.341 e. The Morgan fingerprint density at radius 3 is 2.39 bits per heavy atom. The summed E-state index contributed by atoms with van der Waals surface area (Å²) in [5, 5.41) is 14.1. The average molecular weight is 405 g/mol. The van der Waals surface area contributed by atoms with Gasteiger partial charge in [0, 0.05) is 10.9 Å². The standard InChI is InChI=1S/C20H20FNO5S/c1-27-20(26)16-15(11-6-8-12(21)9-7-11)10-28-18(16)22-17(23)13-4-2-3-5-14(13)19(24)25/h6-10,13-14H,2-5H2,1H3,(H,22,23)(H,24,25)/t13-,14-/m0/s1. The predicted molar refractivity (Wildman–Crippen MR) is 103 cm³/mol. The van der Waals surface area contributed by atoms with E-state index in [1.165, 1.54) is 31.4 Å². The number of carbonyl (C=O) groups excluding carboxylic acids is 2. The van der Waals surface area contributed by atoms with E-state index in [1.807, 2.05) is 0 Å². The number of carboxylic acids is 1. The number of amides is 1. The molecule has 1 heterocycles. The largest absolute Gasteiger partial charge is 0.481 e. The van der Waals surface area contributed by atoms with Crippen molar-refractivity contribution in [2.24, 2.45) is 11.8 Å². The van der Waals surface area contributed by atoms with Crippen LogP contribution >= 0.6 is 11.3 Å². The molecule has 1 amide bonds. The van der Waals surface area contributed by atoms with Crippen LogP contribution in [0.25, 0.3) is 11.1 Å². The van der Waals surface area contributed by atoms with Gasteiger partial charge in [-0.3, -0.25) is 9.59 Å². The van der Waals surface area contributed by atoms with E-state index in [0.29, 0.717) is 29.0 Å². The number of methoxy groups -OCH3 is 1. The molecule has 1 aromatic carbocycles. The number of rotatable bonds is 5. The van der Waals surface area contributed by atoms with Gasteiger partial charge in [0.1, 0.15) is 16.4 Å². The van der Waals surface area contributed by atoms with Crippen molar-refractivity contribution < 1.29 is 28.6 Å². The summed E-state index contributed by atoms with van der Waals surface area (Å²) in [4.78, 5) is 36.6. The third-order valence-electron chi connectivity index (χ3n) is 4.99. The fourth-order valence-electron chi connectivity index (χ4n) is 3.54. The van der Waals surface area contributed by atoms with Crippen LogP contribution in [0.3, 0.4) is 0 Å². The molecule has 0 bridgehead atoms. The Balaban J connectivity index is 1.91. The van der Waals surface area contributed by atoms with Crippen LogP contribution in [-0.2, 0) is 14.3 Å². The van der Waals surface area contributed by atoms with Crippen LogP contribution < -0.4 is 5.32 Å². The van der Waals surface area contributed by atoms with Gasteiger partial charge in [-0.2, -0.15) is 0 Å². The second-order valence-corrected chi connectivity index (χ2v) is 7.56. The number of carbonyl (C=O) groups is 3. The van der Waals surface area contributed by atoms with Gasteiger partial charge in [-0.05, 0) is 30.5 Å². The highest BCUT2D eigenvalue weighted by Gasteiger charge is 2.36. The van der Waals surface area contributed by atoms with Crippen molar-refractivity contribution in [1.29, 1.82) is 0 Å². The number of hydrogen-bond donors (Lipinski definition) is 2. The molecule has 1 aromatic heterocycles. The van der Waals surface area contributed by atoms with Crippen molar-refractivity contribution in [2.75, 3.05) is 12.4 Å². The fourth-order valence-corrected chi connectivity index (χ4v) is 4.50. The molecule has 3 rings (SSSR count). The van der Waals surface area contributed by atoms with Crippen molar-refractivity contribution >= 4 is 34.2 Å². The number of halogens is 1. The average Bonchev–Trinajstić information content (AvgIpc) is 3.11. The minimum atomic E-state index is -0.980. The second kappa shape index (κ2) is 8.52. The second-order valence-electron chi connectivity index (χ2n) is 6.68. The molecule has 1 aliphatic carbocycles. The molecule has 1 aliphatic rings. The minimum absolute atomic E-state index is 0.176. The van der Waals surface area contributed by atoms with E-state index in [0.717, 1.165) is 24.2 Å². The highest BCUT2D eigenvalue weighted by Crippen LogP contribution is 2.38. The molecule has 0 aliphatic heterocycles. The smallest absolute Gasteiger partial charge is 0.341 e. The van der Waals surface area contributed by atoms with Crippen LogP contribution in [0.5, 0.6) is 0 Å². The zero-order chi connectivity index (χ0) is 20.3. The lowest BCUT2D eigenvalue weighted by atomic mass is 9.79. The van der Waals surface area contributed by atoms with Crippen LogP contribution in [0.15, 0.2) is 29.6 Å². The van der Waals surface area contributed by atoms with Gasteiger partial charge in [0.25, 0.3) is 0 Å². The summed E-state index contributed by atoms with van der Waals surface area (Å²) in [5.74, 6) is -3.80. The van der Waals surface area contributed by atoms with Gasteiger partial charge in [-0.25, -0.2) is 9.18 Å². The van der Waals surface area contributed by atoms with Crippen LogP contribution in [0, 0.1) is 17.7 Å². The van der Waals surface area contributed by atoms with Gasteiger partial charge in [0.2, 0.25) is 5.91 Å². The first-order valence-electron chi connectivity index (χ1n) is 8.91. The number of benzene rings is 1. The molecule has 0 saturated heterocycles. The van der Waals surface area contributed by atoms with Crippen molar-refractivity contribution in [3.63, 3.8) is 0 Å². The SMILES string of the molecule is COC(=O)c1c(-c2ccc(F)cc2)csc1NC(=O)[C@H]1CCCC[C@@H]1C(=O)O. The van der Waals surface area contributed by atoms with Crippen molar-refractivity contribution in [3.8, 4) is 11.1 Å². The first-order valence-corrected chi connectivity index (χ1v) is 9.79. The summed E-state index contributed by atoms with van der Waals surface area (Å²) >= 11 is 1.15. The van der Waals surface area contributed by atoms with E-state index in [4.69, 9.17) is 4.74 Å². The Bertz CT molecular complexity index is 893. The van der Waals surface area contributed by atoms with E-state index in [9.17, 15) is 23.9 Å². The Morgan fingerprint density at radius 1 is 1.14 bits per heavy atom. The van der Waals surface area contributed by atoms with E-state index < -0.39 is 35.5 Å². The maximum absolute atomic E-state index is 13.2. The maximum atomic E-state index is 13.2. The molecule has 0 radical (unpaired) electrons. The summed E-state index contributed by atoms with van der Waals surface area (Å²) in [5.41, 5.74) is 1.31. The topological polar surface area (TPSA) is 92.7 Å². The summed E-state index contributed by atoms with van der Waals surface area (Å²) in [6, 6.07) is 5.64. The molecule has 0 spiro atoms. The molecule has 28 heavy (non-hydrogen) atoms. The molecule has 6 nitrogen and oxygen atoms in total. The molecule has 0 unspecified atom stereocenters. The van der Waals surface area contributed by atoms with Crippen LogP contribution in [0.1, 0.15) is 36.0 Å². The molecule has 2 aromatic rings. The number of esters is 1. The molecule has 8 heteroatoms. The predicted octanol–water partition coefficient (Wildman–Crippen LogP) is 4.17. The summed E-state index contributed by atoms with van der Waals surface area (Å²) in [6.07, 6.45) is 2.52. The summed E-state index contributed by atoms with van der Waals surface area (Å²) < 4.78 is 18.1. The quantitative estimate of drug-likeness (QED) is 0.729. The van der Waals surface area contributed by atoms with Gasteiger partial charge in [0.05, 0.1) is 18.9 Å². The monoisotopic (exact) mass is 405 g/mol. The van der Waals surface area contributed by atoms with E-state index >= 15 is 0 Å². The lowest BCUT2D eigenvalue weighted by Crippen LogP contribution is -2.36.